The van der Waals surface area contributed by atoms with Gasteiger partial charge in [0.1, 0.15) is 41.0 Å². The first-order chi connectivity index (χ1) is 22.9. The maximum Gasteiger partial charge on any atom is 0.245 e. The summed E-state index contributed by atoms with van der Waals surface area (Å²) in [5.74, 6) is 2.14. The lowest BCUT2D eigenvalue weighted by Gasteiger charge is -2.33. The lowest BCUT2D eigenvalue weighted by molar-refractivity contribution is -0.126. The third-order valence-corrected chi connectivity index (χ3v) is 8.26. The summed E-state index contributed by atoms with van der Waals surface area (Å²) in [6.45, 7) is 7.29. The summed E-state index contributed by atoms with van der Waals surface area (Å²) in [6, 6.07) is 12.1. The van der Waals surface area contributed by atoms with Crippen LogP contribution in [0.25, 0.3) is 10.9 Å². The second kappa shape index (κ2) is 14.6. The number of nitrogens with one attached hydrogen (secondary N) is 2. The van der Waals surface area contributed by atoms with Crippen molar-refractivity contribution in [1.29, 1.82) is 0 Å². The number of pyridine rings is 1. The van der Waals surface area contributed by atoms with Gasteiger partial charge in [-0.2, -0.15) is 0 Å². The van der Waals surface area contributed by atoms with Crippen LogP contribution in [0.1, 0.15) is 12.8 Å². The number of halogens is 1. The molecule has 4 heterocycles. The number of amides is 1. The summed E-state index contributed by atoms with van der Waals surface area (Å²) in [5, 5.41) is 7.37. The number of ether oxygens (including phenoxy) is 4. The monoisotopic (exact) mass is 643 g/mol. The predicted molar refractivity (Wildman–Crippen MR) is 177 cm³/mol. The first-order valence-corrected chi connectivity index (χ1v) is 15.5. The minimum Gasteiger partial charge on any atom is -0.495 e. The molecule has 2 aliphatic heterocycles. The largest absolute Gasteiger partial charge is 0.495 e. The number of nitrogens with zero attached hydrogens (tertiary/aromatic N) is 5. The van der Waals surface area contributed by atoms with E-state index in [0.29, 0.717) is 73.4 Å². The van der Waals surface area contributed by atoms with Crippen LogP contribution in [0, 0.1) is 5.82 Å². The third-order valence-electron chi connectivity index (χ3n) is 8.26. The molecule has 2 N–H and O–H groups in total. The van der Waals surface area contributed by atoms with Crippen LogP contribution in [0.5, 0.6) is 17.2 Å². The Hall–Kier alpha value is -5.01. The summed E-state index contributed by atoms with van der Waals surface area (Å²) < 4.78 is 38.1. The molecule has 12 nitrogen and oxygen atoms in total. The standard InChI is InChI=1S/C34H38FN7O5/c1-4-33(43)41-11-8-22(9-12-41)39-30-17-26-29(18-31(30)45-3)37-21-38-34(26)40-28-6-5-23(15-27(28)35)47-24-7-10-36-32(16-24)42-13-14-46-25(19-42)20-44-2/h4-7,10,15-18,21-22,25,39H,1,8-9,11-14,19-20H2,2-3H3,(H,37,38,40)/t25-/m1/s1. The second-order valence-corrected chi connectivity index (χ2v) is 11.4. The molecule has 13 heteroatoms. The number of carbonyl (C=O) groups excluding carboxylic acids is 1. The van der Waals surface area contributed by atoms with E-state index in [4.69, 9.17) is 18.9 Å². The van der Waals surface area contributed by atoms with Crippen LogP contribution in [-0.2, 0) is 14.3 Å². The van der Waals surface area contributed by atoms with Crippen molar-refractivity contribution in [2.75, 3.05) is 69.1 Å². The van der Waals surface area contributed by atoms with E-state index in [9.17, 15) is 4.79 Å². The number of piperidine rings is 1. The van der Waals surface area contributed by atoms with Gasteiger partial charge in [-0.15, -0.1) is 0 Å². The number of benzene rings is 2. The normalized spacial score (nSPS) is 17.0. The van der Waals surface area contributed by atoms with Crippen LogP contribution in [0.15, 0.2) is 67.6 Å². The highest BCUT2D eigenvalue weighted by Gasteiger charge is 2.24. The molecule has 2 fully saturated rings. The number of carbonyl (C=O) groups is 1. The van der Waals surface area contributed by atoms with E-state index in [1.807, 2.05) is 18.2 Å². The first kappa shape index (κ1) is 32.0. The van der Waals surface area contributed by atoms with Crippen molar-refractivity contribution >= 4 is 39.8 Å². The molecule has 1 atom stereocenters. The Kier molecular flexibility index (Phi) is 9.93. The van der Waals surface area contributed by atoms with Crippen LogP contribution >= 0.6 is 0 Å². The van der Waals surface area contributed by atoms with Gasteiger partial charge in [-0.05, 0) is 43.2 Å². The number of morpholine rings is 1. The molecule has 4 aromatic rings. The Morgan fingerprint density at radius 3 is 2.66 bits per heavy atom. The van der Waals surface area contributed by atoms with Crippen molar-refractivity contribution in [2.24, 2.45) is 0 Å². The van der Waals surface area contributed by atoms with Crippen molar-refractivity contribution in [3.8, 4) is 17.2 Å². The molecule has 2 aliphatic rings. The summed E-state index contributed by atoms with van der Waals surface area (Å²) in [7, 11) is 3.25. The first-order valence-electron chi connectivity index (χ1n) is 15.5. The van der Waals surface area contributed by atoms with Crippen LogP contribution in [0.4, 0.5) is 27.4 Å². The lowest BCUT2D eigenvalue weighted by Crippen LogP contribution is -2.44. The molecule has 6 rings (SSSR count). The molecular formula is C34H38FN7O5. The Morgan fingerprint density at radius 2 is 1.89 bits per heavy atom. The molecule has 0 unspecified atom stereocenters. The quantitative estimate of drug-likeness (QED) is 0.211. The fraction of sp³-hybridized carbons (Fsp3) is 0.353. The molecule has 2 aromatic heterocycles. The van der Waals surface area contributed by atoms with Gasteiger partial charge < -0.3 is 39.4 Å². The number of hydrogen-bond acceptors (Lipinski definition) is 11. The summed E-state index contributed by atoms with van der Waals surface area (Å²) in [4.78, 5) is 29.2. The van der Waals surface area contributed by atoms with E-state index in [1.165, 1.54) is 18.5 Å². The number of methoxy groups -OCH3 is 2. The van der Waals surface area contributed by atoms with Gasteiger partial charge in [0.2, 0.25) is 5.91 Å². The smallest absolute Gasteiger partial charge is 0.245 e. The van der Waals surface area contributed by atoms with Crippen LogP contribution in [0.2, 0.25) is 0 Å². The van der Waals surface area contributed by atoms with Crippen LogP contribution < -0.4 is 25.0 Å². The average Bonchev–Trinajstić information content (AvgIpc) is 3.10. The zero-order chi connectivity index (χ0) is 32.8. The number of anilines is 4. The molecule has 0 saturated carbocycles. The summed E-state index contributed by atoms with van der Waals surface area (Å²) in [5.41, 5.74) is 1.63. The minimum atomic E-state index is -0.508. The topological polar surface area (TPSA) is 123 Å². The second-order valence-electron chi connectivity index (χ2n) is 11.4. The molecule has 2 saturated heterocycles. The van der Waals surface area contributed by atoms with E-state index in [2.05, 4.69) is 37.1 Å². The zero-order valence-electron chi connectivity index (χ0n) is 26.4. The molecule has 47 heavy (non-hydrogen) atoms. The van der Waals surface area contributed by atoms with Gasteiger partial charge in [0, 0.05) is 69.1 Å². The lowest BCUT2D eigenvalue weighted by atomic mass is 10.0. The van der Waals surface area contributed by atoms with Crippen molar-refractivity contribution < 1.29 is 28.1 Å². The Morgan fingerprint density at radius 1 is 1.06 bits per heavy atom. The Bertz CT molecular complexity index is 1730. The van der Waals surface area contributed by atoms with E-state index in [-0.39, 0.29) is 23.7 Å². The number of hydrogen-bond donors (Lipinski definition) is 2. The van der Waals surface area contributed by atoms with Gasteiger partial charge >= 0.3 is 0 Å². The van der Waals surface area contributed by atoms with Gasteiger partial charge in [0.25, 0.3) is 0 Å². The molecule has 0 radical (unpaired) electrons. The highest BCUT2D eigenvalue weighted by molar-refractivity contribution is 5.95. The Labute approximate surface area is 272 Å². The molecular weight excluding hydrogens is 605 g/mol. The summed E-state index contributed by atoms with van der Waals surface area (Å²) >= 11 is 0. The SMILES string of the molecule is C=CC(=O)N1CCC(Nc2cc3c(Nc4ccc(Oc5ccnc(N6CCO[C@@H](COC)C6)c5)cc4F)ncnc3cc2OC)CC1. The van der Waals surface area contributed by atoms with Gasteiger partial charge in [0.05, 0.1) is 43.3 Å². The van der Waals surface area contributed by atoms with E-state index >= 15 is 4.39 Å². The summed E-state index contributed by atoms with van der Waals surface area (Å²) in [6.07, 6.45) is 5.96. The predicted octanol–water partition coefficient (Wildman–Crippen LogP) is 5.15. The maximum absolute atomic E-state index is 15.4. The fourth-order valence-electron chi connectivity index (χ4n) is 5.83. The van der Waals surface area contributed by atoms with Gasteiger partial charge in [-0.25, -0.2) is 19.3 Å². The third kappa shape index (κ3) is 7.53. The molecule has 2 aromatic carbocycles. The number of fused-ring (bicyclic) bond motifs is 1. The zero-order valence-corrected chi connectivity index (χ0v) is 26.4. The average molecular weight is 644 g/mol. The van der Waals surface area contributed by atoms with Crippen molar-refractivity contribution in [3.05, 3.63) is 73.5 Å². The van der Waals surface area contributed by atoms with Crippen LogP contribution in [0.3, 0.4) is 0 Å². The Balaban J connectivity index is 1.16. The van der Waals surface area contributed by atoms with E-state index in [1.54, 1.807) is 43.5 Å². The van der Waals surface area contributed by atoms with E-state index in [0.717, 1.165) is 24.3 Å². The molecule has 246 valence electrons. The number of rotatable bonds is 11. The fourth-order valence-corrected chi connectivity index (χ4v) is 5.83. The number of aromatic nitrogens is 3. The van der Waals surface area contributed by atoms with Gasteiger partial charge in [-0.1, -0.05) is 6.58 Å². The van der Waals surface area contributed by atoms with Crippen molar-refractivity contribution in [2.45, 2.75) is 25.0 Å². The number of likely N-dealkylation sites (tertiary alicyclic amines) is 1. The van der Waals surface area contributed by atoms with E-state index < -0.39 is 5.82 Å². The maximum atomic E-state index is 15.4. The van der Waals surface area contributed by atoms with Crippen molar-refractivity contribution in [3.63, 3.8) is 0 Å². The highest BCUT2D eigenvalue weighted by atomic mass is 19.1. The molecule has 0 aliphatic carbocycles. The van der Waals surface area contributed by atoms with Crippen molar-refractivity contribution in [1.82, 2.24) is 19.9 Å². The minimum absolute atomic E-state index is 0.0370. The highest BCUT2D eigenvalue weighted by Crippen LogP contribution is 2.35. The molecule has 0 bridgehead atoms. The van der Waals surface area contributed by atoms with Crippen LogP contribution in [-0.4, -0.2) is 91.5 Å². The molecule has 1 amide bonds. The van der Waals surface area contributed by atoms with Gasteiger partial charge in [0.15, 0.2) is 0 Å². The van der Waals surface area contributed by atoms with Gasteiger partial charge in [-0.3, -0.25) is 4.79 Å². The molecule has 0 spiro atoms.